The highest BCUT2D eigenvalue weighted by molar-refractivity contribution is 14.0. The van der Waals surface area contributed by atoms with Gasteiger partial charge < -0.3 is 20.1 Å². The smallest absolute Gasteiger partial charge is 0.307 e. The number of carbonyl (C=O) groups is 1. The molecule has 0 aromatic carbocycles. The van der Waals surface area contributed by atoms with Crippen LogP contribution in [-0.2, 0) is 14.3 Å². The number of hydrogen-bond donors (Lipinski definition) is 2. The highest BCUT2D eigenvalue weighted by atomic mass is 127. The Hall–Kier alpha value is -0.570. The minimum absolute atomic E-state index is 0. The van der Waals surface area contributed by atoms with Crippen molar-refractivity contribution in [2.24, 2.45) is 10.4 Å². The standard InChI is InChI=1S/C17H33N3O3.HI/c1-4-18-16(19-12-8-15(21)22-3)20-14-17(9-6-7-10-17)11-13-23-5-2;/h4-14H2,1-3H3,(H2,18,19,20);1H. The van der Waals surface area contributed by atoms with E-state index >= 15 is 0 Å². The van der Waals surface area contributed by atoms with Gasteiger partial charge in [0.05, 0.1) is 13.5 Å². The molecule has 142 valence electrons. The zero-order valence-electron chi connectivity index (χ0n) is 15.4. The van der Waals surface area contributed by atoms with Gasteiger partial charge in [0.1, 0.15) is 0 Å². The van der Waals surface area contributed by atoms with Gasteiger partial charge >= 0.3 is 5.97 Å². The maximum absolute atomic E-state index is 11.2. The van der Waals surface area contributed by atoms with Crippen LogP contribution in [-0.4, -0.2) is 51.9 Å². The number of hydrogen-bond acceptors (Lipinski definition) is 4. The fraction of sp³-hybridized carbons (Fsp3) is 0.882. The third-order valence-electron chi connectivity index (χ3n) is 4.41. The van der Waals surface area contributed by atoms with Gasteiger partial charge in [-0.3, -0.25) is 9.79 Å². The van der Waals surface area contributed by atoms with Crippen LogP contribution < -0.4 is 10.6 Å². The summed E-state index contributed by atoms with van der Waals surface area (Å²) in [6.07, 6.45) is 6.44. The highest BCUT2D eigenvalue weighted by Crippen LogP contribution is 2.41. The van der Waals surface area contributed by atoms with Crippen LogP contribution in [0.4, 0.5) is 0 Å². The Morgan fingerprint density at radius 3 is 2.50 bits per heavy atom. The van der Waals surface area contributed by atoms with Crippen molar-refractivity contribution in [2.75, 3.05) is 40.0 Å². The van der Waals surface area contributed by atoms with Crippen molar-refractivity contribution in [2.45, 2.75) is 52.4 Å². The molecule has 0 unspecified atom stereocenters. The molecule has 0 spiro atoms. The molecule has 0 amide bonds. The zero-order valence-corrected chi connectivity index (χ0v) is 17.7. The van der Waals surface area contributed by atoms with Crippen molar-refractivity contribution in [3.63, 3.8) is 0 Å². The molecule has 1 rings (SSSR count). The molecular formula is C17H34IN3O3. The van der Waals surface area contributed by atoms with E-state index in [0.29, 0.717) is 13.0 Å². The first-order valence-corrected chi connectivity index (χ1v) is 8.82. The molecule has 2 N–H and O–H groups in total. The van der Waals surface area contributed by atoms with Gasteiger partial charge in [0, 0.05) is 32.8 Å². The van der Waals surface area contributed by atoms with Crippen molar-refractivity contribution in [3.05, 3.63) is 0 Å². The van der Waals surface area contributed by atoms with E-state index in [2.05, 4.69) is 15.4 Å². The Morgan fingerprint density at radius 1 is 1.21 bits per heavy atom. The number of aliphatic imine (C=N–C) groups is 1. The van der Waals surface area contributed by atoms with E-state index in [4.69, 9.17) is 9.73 Å². The molecule has 0 radical (unpaired) electrons. The summed E-state index contributed by atoms with van der Waals surface area (Å²) in [7, 11) is 1.41. The summed E-state index contributed by atoms with van der Waals surface area (Å²) in [5.41, 5.74) is 0.278. The number of halogens is 1. The van der Waals surface area contributed by atoms with E-state index in [9.17, 15) is 4.79 Å². The van der Waals surface area contributed by atoms with Gasteiger partial charge in [0.15, 0.2) is 5.96 Å². The van der Waals surface area contributed by atoms with Gasteiger partial charge in [0.2, 0.25) is 0 Å². The lowest BCUT2D eigenvalue weighted by atomic mass is 9.83. The van der Waals surface area contributed by atoms with E-state index < -0.39 is 0 Å². The summed E-state index contributed by atoms with van der Waals surface area (Å²) in [6.45, 7) is 7.81. The first-order valence-electron chi connectivity index (χ1n) is 8.82. The second-order valence-corrected chi connectivity index (χ2v) is 6.10. The number of methoxy groups -OCH3 is 1. The number of ether oxygens (including phenoxy) is 2. The van der Waals surface area contributed by atoms with Crippen LogP contribution in [0.25, 0.3) is 0 Å². The lowest BCUT2D eigenvalue weighted by Gasteiger charge is -2.27. The normalized spacial score (nSPS) is 16.4. The Labute approximate surface area is 163 Å². The largest absolute Gasteiger partial charge is 0.469 e. The van der Waals surface area contributed by atoms with Crippen molar-refractivity contribution in [1.29, 1.82) is 0 Å². The van der Waals surface area contributed by atoms with Crippen LogP contribution >= 0.6 is 24.0 Å². The van der Waals surface area contributed by atoms with Crippen LogP contribution in [0.2, 0.25) is 0 Å². The number of nitrogens with zero attached hydrogens (tertiary/aromatic N) is 1. The average molecular weight is 455 g/mol. The lowest BCUT2D eigenvalue weighted by molar-refractivity contribution is -0.140. The quantitative estimate of drug-likeness (QED) is 0.174. The van der Waals surface area contributed by atoms with E-state index in [1.165, 1.54) is 32.8 Å². The molecule has 1 aliphatic rings. The fourth-order valence-electron chi connectivity index (χ4n) is 3.02. The molecule has 7 heteroatoms. The molecule has 0 aliphatic heterocycles. The van der Waals surface area contributed by atoms with Gasteiger partial charge in [-0.25, -0.2) is 0 Å². The average Bonchev–Trinajstić information content (AvgIpc) is 3.02. The van der Waals surface area contributed by atoms with Crippen molar-refractivity contribution in [3.8, 4) is 0 Å². The van der Waals surface area contributed by atoms with Crippen molar-refractivity contribution in [1.82, 2.24) is 10.6 Å². The van der Waals surface area contributed by atoms with E-state index in [-0.39, 0.29) is 35.4 Å². The summed E-state index contributed by atoms with van der Waals surface area (Å²) < 4.78 is 10.2. The molecule has 0 saturated heterocycles. The van der Waals surface area contributed by atoms with Gasteiger partial charge in [-0.15, -0.1) is 24.0 Å². The van der Waals surface area contributed by atoms with E-state index in [1.807, 2.05) is 13.8 Å². The number of esters is 1. The molecule has 0 atom stereocenters. The number of carbonyl (C=O) groups excluding carboxylic acids is 1. The maximum atomic E-state index is 11.2. The monoisotopic (exact) mass is 455 g/mol. The van der Waals surface area contributed by atoms with Crippen LogP contribution in [0.3, 0.4) is 0 Å². The Bertz CT molecular complexity index is 372. The summed E-state index contributed by atoms with van der Waals surface area (Å²) in [5.74, 6) is 0.566. The minimum atomic E-state index is -0.211. The summed E-state index contributed by atoms with van der Waals surface area (Å²) >= 11 is 0. The summed E-state index contributed by atoms with van der Waals surface area (Å²) in [6, 6.07) is 0. The predicted molar refractivity (Wildman–Crippen MR) is 108 cm³/mol. The molecule has 1 fully saturated rings. The van der Waals surface area contributed by atoms with Crippen LogP contribution in [0.5, 0.6) is 0 Å². The highest BCUT2D eigenvalue weighted by Gasteiger charge is 2.33. The van der Waals surface area contributed by atoms with E-state index in [1.54, 1.807) is 0 Å². The maximum Gasteiger partial charge on any atom is 0.307 e. The second kappa shape index (κ2) is 13.7. The van der Waals surface area contributed by atoms with Crippen molar-refractivity contribution >= 4 is 35.9 Å². The Balaban J connectivity index is 0.00000529. The number of guanidine groups is 1. The van der Waals surface area contributed by atoms with Crippen LogP contribution in [0.15, 0.2) is 4.99 Å². The van der Waals surface area contributed by atoms with Crippen molar-refractivity contribution < 1.29 is 14.3 Å². The minimum Gasteiger partial charge on any atom is -0.469 e. The van der Waals surface area contributed by atoms with Gasteiger partial charge in [-0.05, 0) is 38.5 Å². The lowest BCUT2D eigenvalue weighted by Crippen LogP contribution is -2.39. The molecule has 0 heterocycles. The van der Waals surface area contributed by atoms with Crippen LogP contribution in [0.1, 0.15) is 52.4 Å². The molecule has 0 bridgehead atoms. The Morgan fingerprint density at radius 2 is 1.92 bits per heavy atom. The molecule has 24 heavy (non-hydrogen) atoms. The van der Waals surface area contributed by atoms with Crippen LogP contribution in [0, 0.1) is 5.41 Å². The third-order valence-corrected chi connectivity index (χ3v) is 4.41. The van der Waals surface area contributed by atoms with Gasteiger partial charge in [0.25, 0.3) is 0 Å². The second-order valence-electron chi connectivity index (χ2n) is 6.10. The SMILES string of the molecule is CCNC(=NCC1(CCOCC)CCCC1)NCCC(=O)OC.I. The first-order chi connectivity index (χ1) is 11.2. The molecule has 0 aromatic heterocycles. The van der Waals surface area contributed by atoms with Gasteiger partial charge in [-0.1, -0.05) is 12.8 Å². The number of rotatable bonds is 10. The third kappa shape index (κ3) is 9.05. The molecule has 6 nitrogen and oxygen atoms in total. The predicted octanol–water partition coefficient (Wildman–Crippen LogP) is 2.71. The number of nitrogens with one attached hydrogen (secondary N) is 2. The van der Waals surface area contributed by atoms with Gasteiger partial charge in [-0.2, -0.15) is 0 Å². The fourth-order valence-corrected chi connectivity index (χ4v) is 3.02. The molecule has 1 aliphatic carbocycles. The summed E-state index contributed by atoms with van der Waals surface area (Å²) in [5, 5.41) is 6.44. The molecule has 1 saturated carbocycles. The topological polar surface area (TPSA) is 72.0 Å². The zero-order chi connectivity index (χ0) is 17.0. The molecule has 0 aromatic rings. The Kier molecular flexibility index (Phi) is 13.4. The summed E-state index contributed by atoms with van der Waals surface area (Å²) in [4.78, 5) is 15.9. The van der Waals surface area contributed by atoms with E-state index in [0.717, 1.165) is 38.7 Å². The molecular weight excluding hydrogens is 421 g/mol. The first kappa shape index (κ1) is 23.4.